The van der Waals surface area contributed by atoms with Crippen LogP contribution in [0.2, 0.25) is 0 Å². The number of benzene rings is 1. The molecule has 2 aromatic rings. The van der Waals surface area contributed by atoms with Crippen molar-refractivity contribution in [2.75, 3.05) is 6.54 Å². The number of nitrogens with zero attached hydrogens (tertiary/aromatic N) is 1. The molecule has 1 amide bonds. The molecule has 1 aliphatic heterocycles. The second-order valence-corrected chi connectivity index (χ2v) is 6.17. The van der Waals surface area contributed by atoms with E-state index in [1.54, 1.807) is 12.1 Å². The SMILES string of the molecule is CCc1ccc(C(=O)N2CCCCC[C@@H]2c2cccc(F)c2)[nH]1. The number of carbonyl (C=O) groups excluding carboxylic acids is 1. The highest BCUT2D eigenvalue weighted by Crippen LogP contribution is 2.31. The molecule has 0 unspecified atom stereocenters. The zero-order chi connectivity index (χ0) is 16.2. The Hall–Kier alpha value is -2.10. The maximum absolute atomic E-state index is 13.6. The number of amides is 1. The van der Waals surface area contributed by atoms with Crippen LogP contribution in [0.3, 0.4) is 0 Å². The van der Waals surface area contributed by atoms with E-state index in [1.165, 1.54) is 6.07 Å². The Morgan fingerprint density at radius 3 is 2.87 bits per heavy atom. The number of hydrogen-bond acceptors (Lipinski definition) is 1. The van der Waals surface area contributed by atoms with Crippen molar-refractivity contribution in [2.24, 2.45) is 0 Å². The highest BCUT2D eigenvalue weighted by atomic mass is 19.1. The van der Waals surface area contributed by atoms with Gasteiger partial charge in [0, 0.05) is 12.2 Å². The molecule has 1 saturated heterocycles. The Kier molecular flexibility index (Phi) is 4.79. The Bertz CT molecular complexity index is 680. The number of hydrogen-bond donors (Lipinski definition) is 1. The summed E-state index contributed by atoms with van der Waals surface area (Å²) in [5, 5.41) is 0. The number of halogens is 1. The van der Waals surface area contributed by atoms with Gasteiger partial charge in [-0.25, -0.2) is 4.39 Å². The first-order valence-electron chi connectivity index (χ1n) is 8.43. The van der Waals surface area contributed by atoms with E-state index in [-0.39, 0.29) is 17.8 Å². The number of aromatic amines is 1. The van der Waals surface area contributed by atoms with Gasteiger partial charge in [0.2, 0.25) is 0 Å². The number of rotatable bonds is 3. The molecule has 1 atom stereocenters. The van der Waals surface area contributed by atoms with Crippen molar-refractivity contribution in [3.63, 3.8) is 0 Å². The van der Waals surface area contributed by atoms with E-state index in [9.17, 15) is 9.18 Å². The monoisotopic (exact) mass is 314 g/mol. The topological polar surface area (TPSA) is 36.1 Å². The summed E-state index contributed by atoms with van der Waals surface area (Å²) in [6.45, 7) is 2.78. The number of nitrogens with one attached hydrogen (secondary N) is 1. The summed E-state index contributed by atoms with van der Waals surface area (Å²) in [5.74, 6) is -0.229. The second kappa shape index (κ2) is 6.99. The molecule has 1 aromatic heterocycles. The third kappa shape index (κ3) is 3.46. The van der Waals surface area contributed by atoms with Crippen LogP contribution in [0.25, 0.3) is 0 Å². The quantitative estimate of drug-likeness (QED) is 0.891. The average molecular weight is 314 g/mol. The van der Waals surface area contributed by atoms with Crippen molar-refractivity contribution in [3.05, 3.63) is 59.2 Å². The van der Waals surface area contributed by atoms with Gasteiger partial charge in [-0.3, -0.25) is 4.79 Å². The molecular weight excluding hydrogens is 291 g/mol. The fourth-order valence-electron chi connectivity index (χ4n) is 3.34. The molecule has 0 aliphatic carbocycles. The molecule has 0 spiro atoms. The van der Waals surface area contributed by atoms with Gasteiger partial charge in [-0.05, 0) is 49.1 Å². The minimum Gasteiger partial charge on any atom is -0.354 e. The largest absolute Gasteiger partial charge is 0.354 e. The minimum atomic E-state index is -0.243. The first kappa shape index (κ1) is 15.8. The average Bonchev–Trinajstić information content (AvgIpc) is 2.91. The first-order chi connectivity index (χ1) is 11.2. The Morgan fingerprint density at radius 1 is 1.26 bits per heavy atom. The third-order valence-electron chi connectivity index (χ3n) is 4.60. The number of carbonyl (C=O) groups is 1. The molecule has 0 radical (unpaired) electrons. The van der Waals surface area contributed by atoms with Crippen LogP contribution in [-0.2, 0) is 6.42 Å². The first-order valence-corrected chi connectivity index (χ1v) is 8.43. The Morgan fingerprint density at radius 2 is 2.13 bits per heavy atom. The van der Waals surface area contributed by atoms with Crippen molar-refractivity contribution < 1.29 is 9.18 Å². The molecule has 1 aromatic carbocycles. The highest BCUT2D eigenvalue weighted by molar-refractivity contribution is 5.93. The number of aryl methyl sites for hydroxylation is 1. The zero-order valence-corrected chi connectivity index (χ0v) is 13.5. The zero-order valence-electron chi connectivity index (χ0n) is 13.5. The molecule has 3 nitrogen and oxygen atoms in total. The van der Waals surface area contributed by atoms with Crippen molar-refractivity contribution >= 4 is 5.91 Å². The molecule has 0 saturated carbocycles. The second-order valence-electron chi connectivity index (χ2n) is 6.17. The standard InChI is InChI=1S/C19H23FN2O/c1-2-16-10-11-17(21-16)19(23)22-12-5-3-4-9-18(22)14-7-6-8-15(20)13-14/h6-8,10-11,13,18,21H,2-5,9,12H2,1H3/t18-/m1/s1. The van der Waals surface area contributed by atoms with E-state index < -0.39 is 0 Å². The molecule has 1 aliphatic rings. The fourth-order valence-corrected chi connectivity index (χ4v) is 3.34. The van der Waals surface area contributed by atoms with E-state index in [4.69, 9.17) is 0 Å². The predicted octanol–water partition coefficient (Wildman–Crippen LogP) is 4.47. The minimum absolute atomic E-state index is 0.0147. The van der Waals surface area contributed by atoms with E-state index in [2.05, 4.69) is 11.9 Å². The summed E-state index contributed by atoms with van der Waals surface area (Å²) in [6.07, 6.45) is 4.94. The van der Waals surface area contributed by atoms with Crippen LogP contribution in [0.4, 0.5) is 4.39 Å². The Balaban J connectivity index is 1.90. The van der Waals surface area contributed by atoms with Crippen LogP contribution in [0.15, 0.2) is 36.4 Å². The van der Waals surface area contributed by atoms with Gasteiger partial charge in [-0.15, -0.1) is 0 Å². The summed E-state index contributed by atoms with van der Waals surface area (Å²) < 4.78 is 13.6. The smallest absolute Gasteiger partial charge is 0.270 e. The van der Waals surface area contributed by atoms with Crippen molar-refractivity contribution in [3.8, 4) is 0 Å². The normalized spacial score (nSPS) is 18.7. The van der Waals surface area contributed by atoms with Crippen LogP contribution >= 0.6 is 0 Å². The van der Waals surface area contributed by atoms with E-state index in [1.807, 2.05) is 23.1 Å². The van der Waals surface area contributed by atoms with Gasteiger partial charge < -0.3 is 9.88 Å². The highest BCUT2D eigenvalue weighted by Gasteiger charge is 2.28. The summed E-state index contributed by atoms with van der Waals surface area (Å²) in [6, 6.07) is 10.4. The van der Waals surface area contributed by atoms with Crippen molar-refractivity contribution in [1.29, 1.82) is 0 Å². The maximum Gasteiger partial charge on any atom is 0.270 e. The van der Waals surface area contributed by atoms with Gasteiger partial charge in [-0.2, -0.15) is 0 Å². The molecule has 2 heterocycles. The van der Waals surface area contributed by atoms with Crippen LogP contribution in [0.5, 0.6) is 0 Å². The lowest BCUT2D eigenvalue weighted by Gasteiger charge is -2.30. The molecule has 122 valence electrons. The Labute approximate surface area is 136 Å². The van der Waals surface area contributed by atoms with Gasteiger partial charge in [0.25, 0.3) is 5.91 Å². The summed E-state index contributed by atoms with van der Waals surface area (Å²) in [5.41, 5.74) is 2.58. The maximum atomic E-state index is 13.6. The molecule has 23 heavy (non-hydrogen) atoms. The molecule has 1 fully saturated rings. The molecule has 0 bridgehead atoms. The van der Waals surface area contributed by atoms with E-state index in [0.29, 0.717) is 5.69 Å². The lowest BCUT2D eigenvalue weighted by Crippen LogP contribution is -2.35. The molecule has 4 heteroatoms. The van der Waals surface area contributed by atoms with Crippen molar-refractivity contribution in [1.82, 2.24) is 9.88 Å². The molecular formula is C19H23FN2O. The van der Waals surface area contributed by atoms with Crippen LogP contribution in [0, 0.1) is 5.82 Å². The number of H-pyrrole nitrogens is 1. The summed E-state index contributed by atoms with van der Waals surface area (Å²) >= 11 is 0. The van der Waals surface area contributed by atoms with Gasteiger partial charge in [0.1, 0.15) is 11.5 Å². The lowest BCUT2D eigenvalue weighted by molar-refractivity contribution is 0.0675. The summed E-state index contributed by atoms with van der Waals surface area (Å²) in [4.78, 5) is 18.1. The van der Waals surface area contributed by atoms with Crippen LogP contribution < -0.4 is 0 Å². The van der Waals surface area contributed by atoms with Crippen LogP contribution in [0.1, 0.15) is 60.4 Å². The predicted molar refractivity (Wildman–Crippen MR) is 88.8 cm³/mol. The number of likely N-dealkylation sites (tertiary alicyclic amines) is 1. The third-order valence-corrected chi connectivity index (χ3v) is 4.60. The van der Waals surface area contributed by atoms with Crippen molar-refractivity contribution in [2.45, 2.75) is 45.1 Å². The van der Waals surface area contributed by atoms with Gasteiger partial charge in [0.15, 0.2) is 0 Å². The lowest BCUT2D eigenvalue weighted by atomic mass is 10.0. The van der Waals surface area contributed by atoms with E-state index >= 15 is 0 Å². The van der Waals surface area contributed by atoms with E-state index in [0.717, 1.165) is 49.9 Å². The van der Waals surface area contributed by atoms with Gasteiger partial charge in [-0.1, -0.05) is 31.9 Å². The van der Waals surface area contributed by atoms with Gasteiger partial charge in [0.05, 0.1) is 6.04 Å². The van der Waals surface area contributed by atoms with Gasteiger partial charge >= 0.3 is 0 Å². The number of aromatic nitrogens is 1. The summed E-state index contributed by atoms with van der Waals surface area (Å²) in [7, 11) is 0. The van der Waals surface area contributed by atoms with Crippen LogP contribution in [-0.4, -0.2) is 22.3 Å². The molecule has 1 N–H and O–H groups in total. The molecule has 3 rings (SSSR count). The fraction of sp³-hybridized carbons (Fsp3) is 0.421.